The highest BCUT2D eigenvalue weighted by Gasteiger charge is 2.31. The molecule has 0 atom stereocenters. The summed E-state index contributed by atoms with van der Waals surface area (Å²) in [5.41, 5.74) is -0.821. The van der Waals surface area contributed by atoms with Crippen molar-refractivity contribution in [1.29, 1.82) is 0 Å². The molecule has 0 heterocycles. The molecule has 14 heavy (non-hydrogen) atoms. The Balaban J connectivity index is 4.40. The molecule has 0 fully saturated rings. The summed E-state index contributed by atoms with van der Waals surface area (Å²) in [7, 11) is 0. The molecule has 0 spiro atoms. The first-order chi connectivity index (χ1) is 6.29. The summed E-state index contributed by atoms with van der Waals surface area (Å²) in [6, 6.07) is 0. The van der Waals surface area contributed by atoms with Crippen molar-refractivity contribution < 1.29 is 24.3 Å². The second-order valence-electron chi connectivity index (χ2n) is 3.52. The SMILES string of the molecule is CCOC(=O)ON(C(=O)O)C(C)(C)C. The number of nitrogens with zero attached hydrogens (tertiary/aromatic N) is 1. The zero-order valence-electron chi connectivity index (χ0n) is 8.73. The van der Waals surface area contributed by atoms with Crippen molar-refractivity contribution in [3.63, 3.8) is 0 Å². The molecule has 0 unspecified atom stereocenters. The normalized spacial score (nSPS) is 10.6. The van der Waals surface area contributed by atoms with Crippen LogP contribution < -0.4 is 0 Å². The number of carboxylic acid groups (broad SMARTS) is 1. The second-order valence-corrected chi connectivity index (χ2v) is 3.52. The molecule has 0 saturated heterocycles. The average molecular weight is 205 g/mol. The topological polar surface area (TPSA) is 76.1 Å². The highest BCUT2D eigenvalue weighted by atomic mass is 16.8. The van der Waals surface area contributed by atoms with Gasteiger partial charge in [0.2, 0.25) is 0 Å². The van der Waals surface area contributed by atoms with Crippen LogP contribution in [0.1, 0.15) is 27.7 Å². The van der Waals surface area contributed by atoms with Crippen LogP contribution in [0.25, 0.3) is 0 Å². The summed E-state index contributed by atoms with van der Waals surface area (Å²) in [5.74, 6) is 0. The summed E-state index contributed by atoms with van der Waals surface area (Å²) >= 11 is 0. The zero-order valence-corrected chi connectivity index (χ0v) is 8.73. The van der Waals surface area contributed by atoms with Gasteiger partial charge in [-0.15, -0.1) is 5.06 Å². The smallest absolute Gasteiger partial charge is 0.463 e. The lowest BCUT2D eigenvalue weighted by molar-refractivity contribution is -0.149. The number of hydroxylamine groups is 2. The Kier molecular flexibility index (Phi) is 4.20. The second kappa shape index (κ2) is 4.69. The van der Waals surface area contributed by atoms with Crippen molar-refractivity contribution >= 4 is 12.2 Å². The Morgan fingerprint density at radius 2 is 1.86 bits per heavy atom. The highest BCUT2D eigenvalue weighted by molar-refractivity contribution is 5.68. The van der Waals surface area contributed by atoms with Gasteiger partial charge in [0, 0.05) is 0 Å². The molecule has 0 aliphatic heterocycles. The first-order valence-corrected chi connectivity index (χ1v) is 4.17. The number of rotatable bonds is 1. The van der Waals surface area contributed by atoms with Crippen LogP contribution in [-0.2, 0) is 9.57 Å². The standard InChI is InChI=1S/C8H15NO5/c1-5-13-7(12)14-9(6(10)11)8(2,3)4/h5H2,1-4H3,(H,10,11). The Bertz CT molecular complexity index is 220. The maximum Gasteiger partial charge on any atom is 0.533 e. The predicted molar refractivity (Wildman–Crippen MR) is 47.7 cm³/mol. The molecule has 0 aromatic rings. The summed E-state index contributed by atoms with van der Waals surface area (Å²) in [4.78, 5) is 26.0. The van der Waals surface area contributed by atoms with Gasteiger partial charge in [-0.25, -0.2) is 9.59 Å². The average Bonchev–Trinajstić information content (AvgIpc) is 1.98. The van der Waals surface area contributed by atoms with Gasteiger partial charge in [-0.2, -0.15) is 0 Å². The van der Waals surface area contributed by atoms with Crippen molar-refractivity contribution in [3.8, 4) is 0 Å². The van der Waals surface area contributed by atoms with E-state index in [1.165, 1.54) is 0 Å². The predicted octanol–water partition coefficient (Wildman–Crippen LogP) is 1.85. The molecule has 0 rings (SSSR count). The van der Waals surface area contributed by atoms with Crippen molar-refractivity contribution in [2.24, 2.45) is 0 Å². The lowest BCUT2D eigenvalue weighted by Gasteiger charge is -2.29. The van der Waals surface area contributed by atoms with Gasteiger partial charge in [0.05, 0.1) is 12.1 Å². The monoisotopic (exact) mass is 205 g/mol. The van der Waals surface area contributed by atoms with Crippen LogP contribution in [0.15, 0.2) is 0 Å². The molecule has 0 saturated carbocycles. The van der Waals surface area contributed by atoms with Crippen LogP contribution in [0.3, 0.4) is 0 Å². The number of hydrogen-bond acceptors (Lipinski definition) is 4. The van der Waals surface area contributed by atoms with Gasteiger partial charge >= 0.3 is 12.2 Å². The fraction of sp³-hybridized carbons (Fsp3) is 0.750. The molecule has 6 heteroatoms. The third kappa shape index (κ3) is 3.97. The third-order valence-electron chi connectivity index (χ3n) is 1.21. The first-order valence-electron chi connectivity index (χ1n) is 4.17. The highest BCUT2D eigenvalue weighted by Crippen LogP contribution is 2.14. The lowest BCUT2D eigenvalue weighted by atomic mass is 10.1. The number of carbonyl (C=O) groups is 2. The van der Waals surface area contributed by atoms with Crippen LogP contribution >= 0.6 is 0 Å². The Morgan fingerprint density at radius 3 is 2.14 bits per heavy atom. The minimum Gasteiger partial charge on any atom is -0.463 e. The van der Waals surface area contributed by atoms with E-state index in [0.717, 1.165) is 0 Å². The van der Waals surface area contributed by atoms with Crippen LogP contribution in [0.2, 0.25) is 0 Å². The minimum atomic E-state index is -1.34. The molecular weight excluding hydrogens is 190 g/mol. The van der Waals surface area contributed by atoms with Gasteiger partial charge in [-0.3, -0.25) is 4.84 Å². The quantitative estimate of drug-likeness (QED) is 0.522. The van der Waals surface area contributed by atoms with Crippen LogP contribution in [0.5, 0.6) is 0 Å². The number of hydrogen-bond donors (Lipinski definition) is 1. The Morgan fingerprint density at radius 1 is 1.36 bits per heavy atom. The van der Waals surface area contributed by atoms with E-state index < -0.39 is 17.8 Å². The van der Waals surface area contributed by atoms with Gasteiger partial charge in [0.1, 0.15) is 0 Å². The van der Waals surface area contributed by atoms with Crippen LogP contribution in [-0.4, -0.2) is 34.6 Å². The van der Waals surface area contributed by atoms with Gasteiger partial charge in [-0.1, -0.05) is 0 Å². The maximum atomic E-state index is 10.9. The summed E-state index contributed by atoms with van der Waals surface area (Å²) in [5, 5.41) is 9.27. The molecule has 0 radical (unpaired) electrons. The van der Waals surface area contributed by atoms with E-state index in [-0.39, 0.29) is 6.61 Å². The summed E-state index contributed by atoms with van der Waals surface area (Å²) < 4.78 is 4.45. The van der Waals surface area contributed by atoms with Gasteiger partial charge in [0.15, 0.2) is 0 Å². The molecule has 0 aromatic heterocycles. The number of ether oxygens (including phenoxy) is 1. The summed E-state index contributed by atoms with van der Waals surface area (Å²) in [6.45, 7) is 6.53. The molecule has 1 N–H and O–H groups in total. The Hall–Kier alpha value is -1.46. The molecule has 6 nitrogen and oxygen atoms in total. The lowest BCUT2D eigenvalue weighted by Crippen LogP contribution is -2.46. The molecule has 0 aliphatic carbocycles. The third-order valence-corrected chi connectivity index (χ3v) is 1.21. The first kappa shape index (κ1) is 12.5. The van der Waals surface area contributed by atoms with Crippen molar-refractivity contribution in [2.75, 3.05) is 6.61 Å². The van der Waals surface area contributed by atoms with E-state index in [9.17, 15) is 9.59 Å². The number of carbonyl (C=O) groups excluding carboxylic acids is 1. The van der Waals surface area contributed by atoms with Crippen LogP contribution in [0, 0.1) is 0 Å². The fourth-order valence-electron chi connectivity index (χ4n) is 0.682. The van der Waals surface area contributed by atoms with Gasteiger partial charge < -0.3 is 9.84 Å². The molecule has 0 aliphatic rings. The van der Waals surface area contributed by atoms with Crippen molar-refractivity contribution in [1.82, 2.24) is 5.06 Å². The van der Waals surface area contributed by atoms with Crippen LogP contribution in [0.4, 0.5) is 9.59 Å². The van der Waals surface area contributed by atoms with E-state index >= 15 is 0 Å². The molecule has 0 bridgehead atoms. The minimum absolute atomic E-state index is 0.135. The number of amides is 1. The van der Waals surface area contributed by atoms with Crippen molar-refractivity contribution in [3.05, 3.63) is 0 Å². The molecule has 0 aromatic carbocycles. The maximum absolute atomic E-state index is 10.9. The van der Waals surface area contributed by atoms with E-state index in [1.54, 1.807) is 27.7 Å². The van der Waals surface area contributed by atoms with E-state index in [0.29, 0.717) is 5.06 Å². The van der Waals surface area contributed by atoms with E-state index in [2.05, 4.69) is 9.57 Å². The van der Waals surface area contributed by atoms with E-state index in [1.807, 2.05) is 0 Å². The van der Waals surface area contributed by atoms with Gasteiger partial charge in [0.25, 0.3) is 0 Å². The molecular formula is C8H15NO5. The zero-order chi connectivity index (χ0) is 11.4. The summed E-state index contributed by atoms with van der Waals surface area (Å²) in [6.07, 6.45) is -2.37. The van der Waals surface area contributed by atoms with Crippen molar-refractivity contribution in [2.45, 2.75) is 33.2 Å². The van der Waals surface area contributed by atoms with Gasteiger partial charge in [-0.05, 0) is 27.7 Å². The largest absolute Gasteiger partial charge is 0.533 e. The molecule has 82 valence electrons. The van der Waals surface area contributed by atoms with E-state index in [4.69, 9.17) is 5.11 Å². The Labute approximate surface area is 82.4 Å². The fourth-order valence-corrected chi connectivity index (χ4v) is 0.682. The molecule has 1 amide bonds.